The summed E-state index contributed by atoms with van der Waals surface area (Å²) >= 11 is 0. The minimum absolute atomic E-state index is 0.0222. The number of aryl methyl sites for hydroxylation is 1. The van der Waals surface area contributed by atoms with Crippen molar-refractivity contribution in [2.24, 2.45) is 5.41 Å². The molecule has 186 valence electrons. The second-order valence-electron chi connectivity index (χ2n) is 8.77. The van der Waals surface area contributed by atoms with E-state index in [0.717, 1.165) is 18.2 Å². The van der Waals surface area contributed by atoms with E-state index >= 15 is 0 Å². The van der Waals surface area contributed by atoms with Crippen LogP contribution in [0.2, 0.25) is 0 Å². The van der Waals surface area contributed by atoms with Gasteiger partial charge in [0.05, 0.1) is 22.6 Å². The number of ketones is 1. The fraction of sp³-hybridized carbons (Fsp3) is 0.455. The van der Waals surface area contributed by atoms with E-state index in [1.54, 1.807) is 19.1 Å². The number of benzene rings is 1. The molecule has 12 heteroatoms. The summed E-state index contributed by atoms with van der Waals surface area (Å²) in [6.07, 6.45) is 6.48. The Morgan fingerprint density at radius 1 is 1.21 bits per heavy atom. The summed E-state index contributed by atoms with van der Waals surface area (Å²) in [5, 5.41) is 12.9. The molecule has 0 amide bonds. The summed E-state index contributed by atoms with van der Waals surface area (Å²) < 4.78 is 53.4. The predicted octanol–water partition coefficient (Wildman–Crippen LogP) is 0.817. The van der Waals surface area contributed by atoms with Crippen molar-refractivity contribution in [3.63, 3.8) is 0 Å². The lowest BCUT2D eigenvalue weighted by atomic mass is 9.70. The highest BCUT2D eigenvalue weighted by Gasteiger charge is 2.45. The van der Waals surface area contributed by atoms with Gasteiger partial charge in [-0.25, -0.2) is 16.8 Å². The minimum atomic E-state index is -4.17. The third kappa shape index (κ3) is 6.32. The van der Waals surface area contributed by atoms with Gasteiger partial charge in [-0.2, -0.15) is 4.72 Å². The Balaban J connectivity index is 1.90. The number of carboxylic acid groups (broad SMARTS) is 1. The van der Waals surface area contributed by atoms with Crippen LogP contribution in [0.15, 0.2) is 53.1 Å². The van der Waals surface area contributed by atoms with Crippen LogP contribution in [0.1, 0.15) is 31.2 Å². The number of carboxylic acids is 1. The molecule has 1 aromatic rings. The zero-order valence-corrected chi connectivity index (χ0v) is 20.6. The van der Waals surface area contributed by atoms with Crippen LogP contribution in [0.4, 0.5) is 0 Å². The number of carbonyl (C=O) groups excluding carboxylic acids is 1. The summed E-state index contributed by atoms with van der Waals surface area (Å²) in [4.78, 5) is 25.5. The van der Waals surface area contributed by atoms with Crippen molar-refractivity contribution in [1.29, 1.82) is 0 Å². The van der Waals surface area contributed by atoms with Gasteiger partial charge >= 0.3 is 5.97 Å². The van der Waals surface area contributed by atoms with Gasteiger partial charge in [0.25, 0.3) is 0 Å². The Morgan fingerprint density at radius 2 is 1.88 bits per heavy atom. The number of Topliss-reactive ketones (excluding diaryl/α,β-unsaturated/α-hetero) is 1. The summed E-state index contributed by atoms with van der Waals surface area (Å²) in [5.74, 6) is -1.67. The van der Waals surface area contributed by atoms with E-state index in [-0.39, 0.29) is 29.2 Å². The molecule has 4 N–H and O–H groups in total. The van der Waals surface area contributed by atoms with Crippen molar-refractivity contribution in [3.05, 3.63) is 53.8 Å². The molecular weight excluding hydrogens is 482 g/mol. The van der Waals surface area contributed by atoms with E-state index in [1.165, 1.54) is 30.4 Å². The Hall–Kier alpha value is -2.54. The molecule has 3 atom stereocenters. The van der Waals surface area contributed by atoms with Crippen molar-refractivity contribution in [1.82, 2.24) is 14.8 Å². The van der Waals surface area contributed by atoms with Crippen LogP contribution >= 0.6 is 0 Å². The largest absolute Gasteiger partial charge is 0.480 e. The SMILES string of the molecule is Cc1ccc(S(=O)(=O)N[C@@H](CC2(C(=O)[C@@H]3CCCN3)C=CC(NS(C)(=O)=O)=CC2)C(=O)O)cc1. The first kappa shape index (κ1) is 26.1. The third-order valence-corrected chi connectivity index (χ3v) is 8.03. The number of hydrogen-bond donors (Lipinski definition) is 4. The standard InChI is InChI=1S/C22H29N3O7S2/c1-15-5-7-17(8-6-15)34(31,32)25-19(21(27)28)14-22(20(26)18-4-3-13-23-18)11-9-16(10-12-22)24-33(2,29)30/h5-11,18-19,23-25H,3-4,12-14H2,1-2H3,(H,27,28)/t18-,19-,22?/m0/s1. The van der Waals surface area contributed by atoms with E-state index < -0.39 is 43.5 Å². The van der Waals surface area contributed by atoms with Crippen molar-refractivity contribution >= 4 is 31.8 Å². The van der Waals surface area contributed by atoms with E-state index in [4.69, 9.17) is 0 Å². The Labute approximate surface area is 199 Å². The van der Waals surface area contributed by atoms with Gasteiger partial charge in [-0.1, -0.05) is 29.8 Å². The van der Waals surface area contributed by atoms with E-state index in [2.05, 4.69) is 14.8 Å². The van der Waals surface area contributed by atoms with Crippen molar-refractivity contribution in [3.8, 4) is 0 Å². The van der Waals surface area contributed by atoms with Crippen LogP contribution in [0, 0.1) is 12.3 Å². The van der Waals surface area contributed by atoms with Crippen LogP contribution in [-0.2, 0) is 29.6 Å². The molecular formula is C22H29N3O7S2. The highest BCUT2D eigenvalue weighted by Crippen LogP contribution is 2.38. The molecule has 34 heavy (non-hydrogen) atoms. The first-order chi connectivity index (χ1) is 15.8. The molecule has 1 saturated heterocycles. The molecule has 1 heterocycles. The van der Waals surface area contributed by atoms with E-state index in [9.17, 15) is 31.5 Å². The molecule has 1 aromatic carbocycles. The average molecular weight is 512 g/mol. The van der Waals surface area contributed by atoms with Crippen molar-refractivity contribution in [2.45, 2.75) is 49.6 Å². The zero-order chi connectivity index (χ0) is 25.1. The Morgan fingerprint density at radius 3 is 2.38 bits per heavy atom. The lowest BCUT2D eigenvalue weighted by Crippen LogP contribution is -2.50. The Kier molecular flexibility index (Phi) is 7.65. The topological polar surface area (TPSA) is 159 Å². The molecule has 0 bridgehead atoms. The average Bonchev–Trinajstić information content (AvgIpc) is 3.28. The first-order valence-corrected chi connectivity index (χ1v) is 14.2. The summed E-state index contributed by atoms with van der Waals surface area (Å²) in [5.41, 5.74) is -0.221. The lowest BCUT2D eigenvalue weighted by molar-refractivity contribution is -0.140. The van der Waals surface area contributed by atoms with Crippen LogP contribution in [0.3, 0.4) is 0 Å². The monoisotopic (exact) mass is 511 g/mol. The number of aliphatic carboxylic acids is 1. The van der Waals surface area contributed by atoms with Crippen molar-refractivity contribution < 1.29 is 31.5 Å². The van der Waals surface area contributed by atoms with Crippen LogP contribution in [-0.4, -0.2) is 58.6 Å². The maximum atomic E-state index is 13.5. The molecule has 1 aliphatic heterocycles. The highest BCUT2D eigenvalue weighted by molar-refractivity contribution is 7.89. The molecule has 1 fully saturated rings. The van der Waals surface area contributed by atoms with Gasteiger partial charge in [0.15, 0.2) is 5.78 Å². The van der Waals surface area contributed by atoms with Gasteiger partial charge in [0, 0.05) is 5.70 Å². The quantitative estimate of drug-likeness (QED) is 0.359. The normalized spacial score (nSPS) is 23.8. The first-order valence-electron chi connectivity index (χ1n) is 10.8. The second-order valence-corrected chi connectivity index (χ2v) is 12.2. The number of rotatable bonds is 10. The smallest absolute Gasteiger partial charge is 0.321 e. The van der Waals surface area contributed by atoms with Crippen molar-refractivity contribution in [2.75, 3.05) is 12.8 Å². The highest BCUT2D eigenvalue weighted by atomic mass is 32.2. The van der Waals surface area contributed by atoms with E-state index in [1.807, 2.05) is 0 Å². The predicted molar refractivity (Wildman–Crippen MR) is 126 cm³/mol. The van der Waals surface area contributed by atoms with Crippen LogP contribution < -0.4 is 14.8 Å². The van der Waals surface area contributed by atoms with Crippen LogP contribution in [0.5, 0.6) is 0 Å². The summed E-state index contributed by atoms with van der Waals surface area (Å²) in [7, 11) is -7.71. The summed E-state index contributed by atoms with van der Waals surface area (Å²) in [6, 6.07) is 3.89. The second kappa shape index (κ2) is 9.98. The summed E-state index contributed by atoms with van der Waals surface area (Å²) in [6.45, 7) is 2.45. The molecule has 0 spiro atoms. The zero-order valence-electron chi connectivity index (χ0n) is 18.9. The third-order valence-electron chi connectivity index (χ3n) is 5.93. The molecule has 2 aliphatic rings. The number of hydrogen-bond acceptors (Lipinski definition) is 7. The number of nitrogens with one attached hydrogen (secondary N) is 3. The van der Waals surface area contributed by atoms with Gasteiger partial charge in [0.2, 0.25) is 20.0 Å². The maximum Gasteiger partial charge on any atom is 0.321 e. The lowest BCUT2D eigenvalue weighted by Gasteiger charge is -2.35. The van der Waals surface area contributed by atoms with Gasteiger partial charge < -0.3 is 10.4 Å². The molecule has 3 rings (SSSR count). The van der Waals surface area contributed by atoms with Crippen LogP contribution in [0.25, 0.3) is 0 Å². The molecule has 0 radical (unpaired) electrons. The number of carbonyl (C=O) groups is 2. The maximum absolute atomic E-state index is 13.5. The van der Waals surface area contributed by atoms with Gasteiger partial charge in [0.1, 0.15) is 6.04 Å². The minimum Gasteiger partial charge on any atom is -0.480 e. The fourth-order valence-corrected chi connectivity index (χ4v) is 5.94. The molecule has 10 nitrogen and oxygen atoms in total. The number of sulfonamides is 2. The van der Waals surface area contributed by atoms with Gasteiger partial charge in [-0.3, -0.25) is 14.3 Å². The van der Waals surface area contributed by atoms with Gasteiger partial charge in [-0.15, -0.1) is 0 Å². The molecule has 0 aromatic heterocycles. The molecule has 1 unspecified atom stereocenters. The molecule has 1 aliphatic carbocycles. The van der Waals surface area contributed by atoms with Gasteiger partial charge in [-0.05, 0) is 57.4 Å². The molecule has 0 saturated carbocycles. The van der Waals surface area contributed by atoms with E-state index in [0.29, 0.717) is 13.0 Å². The number of allylic oxidation sites excluding steroid dienone is 3. The fourth-order valence-electron chi connectivity index (χ4n) is 4.17. The Bertz CT molecular complexity index is 1220.